The van der Waals surface area contributed by atoms with Gasteiger partial charge in [-0.15, -0.1) is 0 Å². The Balaban J connectivity index is 1.49. The molecule has 7 heteroatoms. The summed E-state index contributed by atoms with van der Waals surface area (Å²) in [5.41, 5.74) is 1.21. The number of ether oxygens (including phenoxy) is 1. The van der Waals surface area contributed by atoms with E-state index in [-0.39, 0.29) is 12.5 Å². The highest BCUT2D eigenvalue weighted by molar-refractivity contribution is 5.31. The summed E-state index contributed by atoms with van der Waals surface area (Å²) in [6.07, 6.45) is -0.148. The maximum Gasteiger partial charge on any atom is 0.330 e. The van der Waals surface area contributed by atoms with Crippen molar-refractivity contribution in [2.75, 3.05) is 6.54 Å². The number of aliphatic hydroxyl groups excluding tert-OH is 1. The van der Waals surface area contributed by atoms with Gasteiger partial charge >= 0.3 is 5.69 Å². The molecule has 3 aromatic rings. The molecule has 3 atom stereocenters. The summed E-state index contributed by atoms with van der Waals surface area (Å²) in [5.74, 6) is 0. The average Bonchev–Trinajstić information content (AvgIpc) is 3.10. The molecule has 0 aliphatic carbocycles. The van der Waals surface area contributed by atoms with Crippen LogP contribution >= 0.6 is 0 Å². The molecule has 7 nitrogen and oxygen atoms in total. The number of nitrogens with one attached hydrogen (secondary N) is 2. The summed E-state index contributed by atoms with van der Waals surface area (Å²) in [5, 5.41) is 14.0. The number of H-pyrrole nitrogens is 1. The molecule has 0 radical (unpaired) electrons. The van der Waals surface area contributed by atoms with Crippen LogP contribution in [0.5, 0.6) is 0 Å². The lowest BCUT2D eigenvalue weighted by atomic mass is 9.98. The Morgan fingerprint density at radius 1 is 1.03 bits per heavy atom. The summed E-state index contributed by atoms with van der Waals surface area (Å²) in [6.45, 7) is 0.407. The van der Waals surface area contributed by atoms with Crippen LogP contribution < -0.4 is 16.6 Å². The van der Waals surface area contributed by atoms with E-state index >= 15 is 0 Å². The van der Waals surface area contributed by atoms with Crippen molar-refractivity contribution in [3.05, 3.63) is 105 Å². The van der Waals surface area contributed by atoms with Crippen LogP contribution in [0.1, 0.15) is 29.8 Å². The van der Waals surface area contributed by atoms with Gasteiger partial charge in [0.05, 0.1) is 18.2 Å². The molecule has 1 aromatic heterocycles. The molecule has 29 heavy (non-hydrogen) atoms. The predicted octanol–water partition coefficient (Wildman–Crippen LogP) is 1.56. The van der Waals surface area contributed by atoms with E-state index in [9.17, 15) is 14.7 Å². The fraction of sp³-hybridized carbons (Fsp3) is 0.273. The van der Waals surface area contributed by atoms with Crippen LogP contribution in [0.3, 0.4) is 0 Å². The predicted molar refractivity (Wildman–Crippen MR) is 109 cm³/mol. The standard InChI is InChI=1S/C22H23N3O4/c26-17-13-20(25-12-11-19(27)24-22(25)28)29-18(17)14-23-21(15-7-3-1-4-8-15)16-9-5-2-6-10-16/h1-12,17-18,20-21,23,26H,13-14H2,(H,24,27,28)/t17-,18+,20+/m0/s1. The Morgan fingerprint density at radius 2 is 1.66 bits per heavy atom. The molecule has 1 aliphatic heterocycles. The molecule has 150 valence electrons. The van der Waals surface area contributed by atoms with E-state index in [0.717, 1.165) is 11.1 Å². The number of aliphatic hydroxyl groups is 1. The molecule has 0 unspecified atom stereocenters. The van der Waals surface area contributed by atoms with Gasteiger partial charge in [-0.2, -0.15) is 0 Å². The summed E-state index contributed by atoms with van der Waals surface area (Å²) >= 11 is 0. The molecule has 2 aromatic carbocycles. The zero-order valence-electron chi connectivity index (χ0n) is 15.8. The van der Waals surface area contributed by atoms with Crippen molar-refractivity contribution in [1.82, 2.24) is 14.9 Å². The van der Waals surface area contributed by atoms with Crippen LogP contribution in [0, 0.1) is 0 Å². The second-order valence-electron chi connectivity index (χ2n) is 7.11. The van der Waals surface area contributed by atoms with Crippen LogP contribution in [-0.4, -0.2) is 33.4 Å². The minimum absolute atomic E-state index is 0.0527. The second-order valence-corrected chi connectivity index (χ2v) is 7.11. The third-order valence-corrected chi connectivity index (χ3v) is 5.15. The van der Waals surface area contributed by atoms with E-state index in [1.807, 2.05) is 36.4 Å². The first-order valence-electron chi connectivity index (χ1n) is 9.60. The topological polar surface area (TPSA) is 96.3 Å². The summed E-state index contributed by atoms with van der Waals surface area (Å²) in [7, 11) is 0. The summed E-state index contributed by atoms with van der Waals surface area (Å²) in [4.78, 5) is 25.5. The third-order valence-electron chi connectivity index (χ3n) is 5.15. The minimum Gasteiger partial charge on any atom is -0.390 e. The van der Waals surface area contributed by atoms with Gasteiger partial charge in [-0.3, -0.25) is 14.3 Å². The second kappa shape index (κ2) is 8.57. The first-order chi connectivity index (χ1) is 14.1. The molecule has 0 amide bonds. The molecule has 1 fully saturated rings. The van der Waals surface area contributed by atoms with Gasteiger partial charge < -0.3 is 15.2 Å². The number of aromatic amines is 1. The molecule has 2 heterocycles. The van der Waals surface area contributed by atoms with E-state index in [1.54, 1.807) is 0 Å². The number of hydrogen-bond donors (Lipinski definition) is 3. The lowest BCUT2D eigenvalue weighted by molar-refractivity contribution is -0.0199. The van der Waals surface area contributed by atoms with Crippen LogP contribution in [0.2, 0.25) is 0 Å². The molecule has 3 N–H and O–H groups in total. The van der Waals surface area contributed by atoms with Gasteiger partial charge in [0, 0.05) is 25.2 Å². The van der Waals surface area contributed by atoms with Gasteiger partial charge in [0.1, 0.15) is 6.23 Å². The summed E-state index contributed by atoms with van der Waals surface area (Å²) in [6, 6.07) is 21.4. The molecule has 0 bridgehead atoms. The van der Waals surface area contributed by atoms with Gasteiger partial charge in [0.15, 0.2) is 0 Å². The van der Waals surface area contributed by atoms with Gasteiger partial charge in [-0.25, -0.2) is 4.79 Å². The Kier molecular flexibility index (Phi) is 5.71. The lowest BCUT2D eigenvalue weighted by Crippen LogP contribution is -2.36. The number of rotatable bonds is 6. The lowest BCUT2D eigenvalue weighted by Gasteiger charge is -2.23. The van der Waals surface area contributed by atoms with Gasteiger partial charge in [0.2, 0.25) is 0 Å². The van der Waals surface area contributed by atoms with Crippen LogP contribution in [0.25, 0.3) is 0 Å². The van der Waals surface area contributed by atoms with Crippen molar-refractivity contribution >= 4 is 0 Å². The first kappa shape index (κ1) is 19.3. The van der Waals surface area contributed by atoms with E-state index < -0.39 is 29.7 Å². The van der Waals surface area contributed by atoms with Crippen molar-refractivity contribution in [2.45, 2.75) is 30.9 Å². The SMILES string of the molecule is O=c1ccn([C@H]2C[C@H](O)[C@@H](CNC(c3ccccc3)c3ccccc3)O2)c(=O)[nH]1. The maximum atomic E-state index is 12.0. The first-order valence-corrected chi connectivity index (χ1v) is 9.60. The van der Waals surface area contributed by atoms with Gasteiger partial charge in [-0.1, -0.05) is 60.7 Å². The Bertz CT molecular complexity index is 1010. The van der Waals surface area contributed by atoms with E-state index in [1.165, 1.54) is 16.8 Å². The zero-order chi connectivity index (χ0) is 20.2. The van der Waals surface area contributed by atoms with E-state index in [2.05, 4.69) is 34.6 Å². The normalized spacial score (nSPS) is 21.5. The number of aromatic nitrogens is 2. The Labute approximate surface area is 167 Å². The summed E-state index contributed by atoms with van der Waals surface area (Å²) < 4.78 is 7.23. The fourth-order valence-corrected chi connectivity index (χ4v) is 3.68. The van der Waals surface area contributed by atoms with Crippen LogP contribution in [-0.2, 0) is 4.74 Å². The highest BCUT2D eigenvalue weighted by atomic mass is 16.5. The van der Waals surface area contributed by atoms with Gasteiger partial charge in [0.25, 0.3) is 5.56 Å². The van der Waals surface area contributed by atoms with Crippen molar-refractivity contribution in [3.63, 3.8) is 0 Å². The third kappa shape index (κ3) is 4.37. The number of hydrogen-bond acceptors (Lipinski definition) is 5. The highest BCUT2D eigenvalue weighted by Gasteiger charge is 2.35. The molecular weight excluding hydrogens is 370 g/mol. The Morgan fingerprint density at radius 3 is 2.24 bits per heavy atom. The number of nitrogens with zero attached hydrogens (tertiary/aromatic N) is 1. The number of benzene rings is 2. The molecule has 0 spiro atoms. The quantitative estimate of drug-likeness (QED) is 0.591. The molecule has 0 saturated carbocycles. The minimum atomic E-state index is -0.724. The van der Waals surface area contributed by atoms with Crippen molar-refractivity contribution in [3.8, 4) is 0 Å². The van der Waals surface area contributed by atoms with Gasteiger partial charge in [-0.05, 0) is 11.1 Å². The highest BCUT2D eigenvalue weighted by Crippen LogP contribution is 2.28. The van der Waals surface area contributed by atoms with E-state index in [4.69, 9.17) is 4.74 Å². The molecular formula is C22H23N3O4. The molecule has 1 aliphatic rings. The molecule has 4 rings (SSSR count). The monoisotopic (exact) mass is 393 g/mol. The van der Waals surface area contributed by atoms with Crippen molar-refractivity contribution in [2.24, 2.45) is 0 Å². The Hall–Kier alpha value is -3.00. The largest absolute Gasteiger partial charge is 0.390 e. The van der Waals surface area contributed by atoms with Crippen molar-refractivity contribution in [1.29, 1.82) is 0 Å². The zero-order valence-corrected chi connectivity index (χ0v) is 15.8. The van der Waals surface area contributed by atoms with Crippen LogP contribution in [0.15, 0.2) is 82.5 Å². The van der Waals surface area contributed by atoms with E-state index in [0.29, 0.717) is 6.54 Å². The smallest absolute Gasteiger partial charge is 0.330 e. The molecule has 1 saturated heterocycles. The van der Waals surface area contributed by atoms with Crippen LogP contribution in [0.4, 0.5) is 0 Å². The van der Waals surface area contributed by atoms with Crippen molar-refractivity contribution < 1.29 is 9.84 Å². The average molecular weight is 393 g/mol. The maximum absolute atomic E-state index is 12.0. The fourth-order valence-electron chi connectivity index (χ4n) is 3.68.